The van der Waals surface area contributed by atoms with Gasteiger partial charge >= 0.3 is 0 Å². The van der Waals surface area contributed by atoms with Gasteiger partial charge in [-0.2, -0.15) is 11.8 Å². The van der Waals surface area contributed by atoms with Crippen LogP contribution in [0.1, 0.15) is 35.2 Å². The van der Waals surface area contributed by atoms with Crippen LogP contribution in [-0.4, -0.2) is 41.4 Å². The van der Waals surface area contributed by atoms with Gasteiger partial charge in [-0.15, -0.1) is 0 Å². The minimum atomic E-state index is 0.189. The highest BCUT2D eigenvalue weighted by molar-refractivity contribution is 7.99. The number of rotatable bonds is 4. The molecule has 0 spiro atoms. The lowest BCUT2D eigenvalue weighted by Crippen LogP contribution is -2.28. The molecule has 0 aromatic heterocycles. The van der Waals surface area contributed by atoms with E-state index in [2.05, 4.69) is 17.4 Å². The van der Waals surface area contributed by atoms with Gasteiger partial charge in [0.25, 0.3) is 5.91 Å². The zero-order valence-electron chi connectivity index (χ0n) is 11.8. The molecule has 0 unspecified atom stereocenters. The molecule has 0 radical (unpaired) electrons. The van der Waals surface area contributed by atoms with Crippen molar-refractivity contribution < 1.29 is 4.79 Å². The van der Waals surface area contributed by atoms with Crippen LogP contribution in [0.15, 0.2) is 24.3 Å². The summed E-state index contributed by atoms with van der Waals surface area (Å²) in [5, 5.41) is 3.59. The van der Waals surface area contributed by atoms with Gasteiger partial charge in [0.1, 0.15) is 0 Å². The second kappa shape index (κ2) is 6.64. The summed E-state index contributed by atoms with van der Waals surface area (Å²) in [6, 6.07) is 8.77. The monoisotopic (exact) mass is 290 g/mol. The Morgan fingerprint density at radius 2 is 2.00 bits per heavy atom. The van der Waals surface area contributed by atoms with E-state index in [9.17, 15) is 4.79 Å². The van der Waals surface area contributed by atoms with Gasteiger partial charge < -0.3 is 10.2 Å². The Hall–Kier alpha value is -1.00. The van der Waals surface area contributed by atoms with Crippen molar-refractivity contribution in [2.75, 3.05) is 24.6 Å². The van der Waals surface area contributed by atoms with Gasteiger partial charge in [0.05, 0.1) is 0 Å². The van der Waals surface area contributed by atoms with Crippen LogP contribution in [0.5, 0.6) is 0 Å². The molecule has 0 bridgehead atoms. The normalized spacial score (nSPS) is 22.4. The summed E-state index contributed by atoms with van der Waals surface area (Å²) >= 11 is 2.03. The third-order valence-corrected chi connectivity index (χ3v) is 5.28. The van der Waals surface area contributed by atoms with E-state index in [4.69, 9.17) is 0 Å². The lowest BCUT2D eigenvalue weighted by atomic mass is 10.1. The average molecular weight is 290 g/mol. The topological polar surface area (TPSA) is 32.3 Å². The molecule has 1 aromatic rings. The smallest absolute Gasteiger partial charge is 0.253 e. The van der Waals surface area contributed by atoms with Crippen LogP contribution >= 0.6 is 11.8 Å². The predicted octanol–water partition coefficient (Wildman–Crippen LogP) is 2.52. The Morgan fingerprint density at radius 1 is 1.25 bits per heavy atom. The fraction of sp³-hybridized carbons (Fsp3) is 0.562. The quantitative estimate of drug-likeness (QED) is 0.925. The lowest BCUT2D eigenvalue weighted by molar-refractivity contribution is 0.0793. The summed E-state index contributed by atoms with van der Waals surface area (Å²) in [6.45, 7) is 2.74. The first-order valence-corrected chi connectivity index (χ1v) is 8.68. The van der Waals surface area contributed by atoms with E-state index in [0.717, 1.165) is 38.0 Å². The van der Waals surface area contributed by atoms with E-state index in [1.165, 1.54) is 23.5 Å². The van der Waals surface area contributed by atoms with E-state index >= 15 is 0 Å². The Morgan fingerprint density at radius 3 is 2.65 bits per heavy atom. The SMILES string of the molecule is O=C(c1ccc(CN[C@H]2CCSC2)cc1)N1CCCC1. The Balaban J connectivity index is 1.54. The molecule has 2 aliphatic heterocycles. The number of benzene rings is 1. The molecule has 2 aliphatic rings. The van der Waals surface area contributed by atoms with Crippen LogP contribution < -0.4 is 5.32 Å². The second-order valence-electron chi connectivity index (χ2n) is 5.64. The van der Waals surface area contributed by atoms with Crippen molar-refractivity contribution in [2.24, 2.45) is 0 Å². The van der Waals surface area contributed by atoms with Gasteiger partial charge in [-0.25, -0.2) is 0 Å². The van der Waals surface area contributed by atoms with Crippen molar-refractivity contribution in [3.8, 4) is 0 Å². The number of likely N-dealkylation sites (tertiary alicyclic amines) is 1. The summed E-state index contributed by atoms with van der Waals surface area (Å²) in [6.07, 6.45) is 3.57. The zero-order chi connectivity index (χ0) is 13.8. The van der Waals surface area contributed by atoms with E-state index in [-0.39, 0.29) is 5.91 Å². The van der Waals surface area contributed by atoms with Crippen molar-refractivity contribution in [3.63, 3.8) is 0 Å². The molecule has 2 heterocycles. The summed E-state index contributed by atoms with van der Waals surface area (Å²) in [5.74, 6) is 2.70. The molecule has 3 nitrogen and oxygen atoms in total. The molecule has 1 atom stereocenters. The first-order valence-electron chi connectivity index (χ1n) is 7.52. The fourth-order valence-electron chi connectivity index (χ4n) is 2.83. The van der Waals surface area contributed by atoms with Crippen molar-refractivity contribution in [1.82, 2.24) is 10.2 Å². The Bertz CT molecular complexity index is 448. The number of carbonyl (C=O) groups excluding carboxylic acids is 1. The molecule has 0 aliphatic carbocycles. The van der Waals surface area contributed by atoms with E-state index < -0.39 is 0 Å². The maximum atomic E-state index is 12.2. The number of nitrogens with one attached hydrogen (secondary N) is 1. The molecule has 2 fully saturated rings. The Labute approximate surface area is 125 Å². The average Bonchev–Trinajstić information content (AvgIpc) is 3.18. The summed E-state index contributed by atoms with van der Waals surface area (Å²) in [5.41, 5.74) is 2.09. The Kier molecular flexibility index (Phi) is 4.63. The molecule has 1 N–H and O–H groups in total. The molecule has 3 rings (SSSR count). The number of hydrogen-bond donors (Lipinski definition) is 1. The minimum Gasteiger partial charge on any atom is -0.339 e. The zero-order valence-corrected chi connectivity index (χ0v) is 12.6. The van der Waals surface area contributed by atoms with Crippen molar-refractivity contribution in [2.45, 2.75) is 31.8 Å². The number of amides is 1. The van der Waals surface area contributed by atoms with Crippen LogP contribution in [0.3, 0.4) is 0 Å². The van der Waals surface area contributed by atoms with Crippen molar-refractivity contribution >= 4 is 17.7 Å². The number of hydrogen-bond acceptors (Lipinski definition) is 3. The van der Waals surface area contributed by atoms with Crippen molar-refractivity contribution in [1.29, 1.82) is 0 Å². The number of nitrogens with zero attached hydrogens (tertiary/aromatic N) is 1. The largest absolute Gasteiger partial charge is 0.339 e. The number of thioether (sulfide) groups is 1. The lowest BCUT2D eigenvalue weighted by Gasteiger charge is -2.15. The van der Waals surface area contributed by atoms with E-state index in [1.807, 2.05) is 28.8 Å². The van der Waals surface area contributed by atoms with Crippen LogP contribution in [0.25, 0.3) is 0 Å². The molecule has 0 saturated carbocycles. The first kappa shape index (κ1) is 14.0. The van der Waals surface area contributed by atoms with E-state index in [1.54, 1.807) is 0 Å². The van der Waals surface area contributed by atoms with Crippen molar-refractivity contribution in [3.05, 3.63) is 35.4 Å². The third kappa shape index (κ3) is 3.36. The van der Waals surface area contributed by atoms with Gasteiger partial charge in [-0.1, -0.05) is 12.1 Å². The molecule has 1 aromatic carbocycles. The highest BCUT2D eigenvalue weighted by Crippen LogP contribution is 2.18. The summed E-state index contributed by atoms with van der Waals surface area (Å²) in [4.78, 5) is 14.2. The fourth-order valence-corrected chi connectivity index (χ4v) is 4.01. The van der Waals surface area contributed by atoms with E-state index in [0.29, 0.717) is 6.04 Å². The van der Waals surface area contributed by atoms with Crippen LogP contribution in [0.2, 0.25) is 0 Å². The number of carbonyl (C=O) groups is 1. The van der Waals surface area contributed by atoms with Crippen LogP contribution in [-0.2, 0) is 6.54 Å². The minimum absolute atomic E-state index is 0.189. The van der Waals surface area contributed by atoms with Crippen LogP contribution in [0.4, 0.5) is 0 Å². The maximum absolute atomic E-state index is 12.2. The van der Waals surface area contributed by atoms with Gasteiger partial charge in [0.15, 0.2) is 0 Å². The van der Waals surface area contributed by atoms with Crippen LogP contribution in [0, 0.1) is 0 Å². The molecular weight excluding hydrogens is 268 g/mol. The standard InChI is InChI=1S/C16H22N2OS/c19-16(18-8-1-2-9-18)14-5-3-13(4-6-14)11-17-15-7-10-20-12-15/h3-6,15,17H,1-2,7-12H2/t15-/m0/s1. The van der Waals surface area contributed by atoms with Gasteiger partial charge in [-0.05, 0) is 42.7 Å². The highest BCUT2D eigenvalue weighted by atomic mass is 32.2. The summed E-state index contributed by atoms with van der Waals surface area (Å²) in [7, 11) is 0. The molecule has 4 heteroatoms. The maximum Gasteiger partial charge on any atom is 0.253 e. The molecule has 1 amide bonds. The van der Waals surface area contributed by atoms with Gasteiger partial charge in [-0.3, -0.25) is 4.79 Å². The van der Waals surface area contributed by atoms with Gasteiger partial charge in [0, 0.05) is 37.0 Å². The third-order valence-electron chi connectivity index (χ3n) is 4.12. The first-order chi connectivity index (χ1) is 9.83. The molecule has 108 valence electrons. The second-order valence-corrected chi connectivity index (χ2v) is 6.79. The molecular formula is C16H22N2OS. The van der Waals surface area contributed by atoms with Gasteiger partial charge in [0.2, 0.25) is 0 Å². The predicted molar refractivity (Wildman–Crippen MR) is 84.1 cm³/mol. The summed E-state index contributed by atoms with van der Waals surface area (Å²) < 4.78 is 0. The molecule has 2 saturated heterocycles. The highest BCUT2D eigenvalue weighted by Gasteiger charge is 2.19. The molecule has 20 heavy (non-hydrogen) atoms.